The van der Waals surface area contributed by atoms with E-state index >= 15 is 0 Å². The first-order valence-corrected chi connectivity index (χ1v) is 14.2. The second-order valence-corrected chi connectivity index (χ2v) is 10.7. The van der Waals surface area contributed by atoms with Gasteiger partial charge in [-0.05, 0) is 55.2 Å². The minimum atomic E-state index is -0.616. The fourth-order valence-corrected chi connectivity index (χ4v) is 5.24. The van der Waals surface area contributed by atoms with E-state index in [-0.39, 0.29) is 5.91 Å². The van der Waals surface area contributed by atoms with Gasteiger partial charge in [-0.2, -0.15) is 0 Å². The van der Waals surface area contributed by atoms with Crippen molar-refractivity contribution in [2.75, 3.05) is 66.8 Å². The summed E-state index contributed by atoms with van der Waals surface area (Å²) in [6.45, 7) is 5.62. The first-order chi connectivity index (χ1) is 19.0. The van der Waals surface area contributed by atoms with Crippen LogP contribution in [0.4, 0.5) is 0 Å². The van der Waals surface area contributed by atoms with Crippen molar-refractivity contribution >= 4 is 17.5 Å². The molecule has 39 heavy (non-hydrogen) atoms. The molecular weight excluding hydrogens is 520 g/mol. The molecule has 0 aliphatic carbocycles. The average Bonchev–Trinajstić information content (AvgIpc) is 3.28. The smallest absolute Gasteiger partial charge is 0.222 e. The SMILES string of the molecule is COc1ccc(CN2CCOC[C@](COc3cccc(Cl)c3)(OC)C2)cc1OCCCN1CCCCCC1=O. The lowest BCUT2D eigenvalue weighted by atomic mass is 10.1. The molecule has 2 fully saturated rings. The maximum absolute atomic E-state index is 12.3. The largest absolute Gasteiger partial charge is 0.493 e. The number of carbonyl (C=O) groups excluding carboxylic acids is 1. The second kappa shape index (κ2) is 14.7. The molecule has 0 spiro atoms. The van der Waals surface area contributed by atoms with Gasteiger partial charge in [0.25, 0.3) is 0 Å². The van der Waals surface area contributed by atoms with Crippen LogP contribution in [0, 0.1) is 0 Å². The number of nitrogens with zero attached hydrogens (tertiary/aromatic N) is 2. The van der Waals surface area contributed by atoms with E-state index < -0.39 is 5.60 Å². The van der Waals surface area contributed by atoms with Crippen molar-refractivity contribution < 1.29 is 28.5 Å². The van der Waals surface area contributed by atoms with E-state index in [0.29, 0.717) is 68.2 Å². The Morgan fingerprint density at radius 3 is 2.74 bits per heavy atom. The monoisotopic (exact) mass is 560 g/mol. The highest BCUT2D eigenvalue weighted by Crippen LogP contribution is 2.30. The van der Waals surface area contributed by atoms with E-state index in [0.717, 1.165) is 50.9 Å². The number of rotatable bonds is 12. The lowest BCUT2D eigenvalue weighted by Crippen LogP contribution is -2.50. The van der Waals surface area contributed by atoms with Crippen LogP contribution in [0.5, 0.6) is 17.2 Å². The number of hydrogen-bond donors (Lipinski definition) is 0. The molecule has 2 aromatic carbocycles. The third-order valence-electron chi connectivity index (χ3n) is 7.30. The van der Waals surface area contributed by atoms with Crippen LogP contribution in [0.2, 0.25) is 5.02 Å². The number of methoxy groups -OCH3 is 2. The normalized spacial score (nSPS) is 20.8. The molecule has 2 heterocycles. The van der Waals surface area contributed by atoms with Crippen LogP contribution in [0.3, 0.4) is 0 Å². The molecule has 4 rings (SSSR count). The lowest BCUT2D eigenvalue weighted by molar-refractivity contribution is -0.130. The van der Waals surface area contributed by atoms with Crippen molar-refractivity contribution in [3.63, 3.8) is 0 Å². The van der Waals surface area contributed by atoms with Gasteiger partial charge in [-0.3, -0.25) is 9.69 Å². The van der Waals surface area contributed by atoms with Crippen molar-refractivity contribution in [1.82, 2.24) is 9.80 Å². The third-order valence-corrected chi connectivity index (χ3v) is 7.53. The highest BCUT2D eigenvalue weighted by atomic mass is 35.5. The number of ether oxygens (including phenoxy) is 5. The molecule has 0 aromatic heterocycles. The highest BCUT2D eigenvalue weighted by molar-refractivity contribution is 6.30. The van der Waals surface area contributed by atoms with Crippen molar-refractivity contribution in [2.45, 2.75) is 44.2 Å². The Morgan fingerprint density at radius 1 is 1.03 bits per heavy atom. The Kier molecular flexibility index (Phi) is 11.1. The van der Waals surface area contributed by atoms with Gasteiger partial charge in [-0.25, -0.2) is 0 Å². The molecular formula is C30H41ClN2O6. The van der Waals surface area contributed by atoms with Crippen LogP contribution in [0.15, 0.2) is 42.5 Å². The Labute approximate surface area is 237 Å². The molecule has 8 nitrogen and oxygen atoms in total. The van der Waals surface area contributed by atoms with Gasteiger partial charge in [0, 0.05) is 51.3 Å². The lowest BCUT2D eigenvalue weighted by Gasteiger charge is -2.34. The Morgan fingerprint density at radius 2 is 1.92 bits per heavy atom. The van der Waals surface area contributed by atoms with Crippen molar-refractivity contribution in [2.24, 2.45) is 0 Å². The summed E-state index contributed by atoms with van der Waals surface area (Å²) >= 11 is 6.12. The molecule has 0 N–H and O–H groups in total. The number of likely N-dealkylation sites (tertiary alicyclic amines) is 1. The summed E-state index contributed by atoms with van der Waals surface area (Å²) < 4.78 is 29.7. The van der Waals surface area contributed by atoms with Crippen molar-refractivity contribution in [3.05, 3.63) is 53.1 Å². The molecule has 0 saturated carbocycles. The summed E-state index contributed by atoms with van der Waals surface area (Å²) in [5.41, 5.74) is 0.492. The fourth-order valence-electron chi connectivity index (χ4n) is 5.06. The summed E-state index contributed by atoms with van der Waals surface area (Å²) in [4.78, 5) is 16.6. The van der Waals surface area contributed by atoms with Crippen molar-refractivity contribution in [1.29, 1.82) is 0 Å². The maximum Gasteiger partial charge on any atom is 0.222 e. The maximum atomic E-state index is 12.3. The Hall–Kier alpha value is -2.52. The summed E-state index contributed by atoms with van der Waals surface area (Å²) in [6.07, 6.45) is 4.66. The number of amides is 1. The predicted octanol–water partition coefficient (Wildman–Crippen LogP) is 4.82. The Bertz CT molecular complexity index is 1070. The van der Waals surface area contributed by atoms with Gasteiger partial charge >= 0.3 is 0 Å². The fraction of sp³-hybridized carbons (Fsp3) is 0.567. The number of halogens is 1. The summed E-state index contributed by atoms with van der Waals surface area (Å²) in [6, 6.07) is 13.4. The molecule has 214 valence electrons. The second-order valence-electron chi connectivity index (χ2n) is 10.3. The summed E-state index contributed by atoms with van der Waals surface area (Å²) in [7, 11) is 3.35. The number of benzene rings is 2. The molecule has 9 heteroatoms. The minimum absolute atomic E-state index is 0.263. The average molecular weight is 561 g/mol. The van der Waals surface area contributed by atoms with Crippen LogP contribution in [-0.2, 0) is 20.8 Å². The standard InChI is InChI=1S/C30H41ClN2O6/c1-35-27-12-11-24(18-28(27)38-16-7-14-33-13-5-3-4-10-29(33)34)20-32-15-17-37-22-30(21-32,36-2)23-39-26-9-6-8-25(31)19-26/h6,8-9,11-12,18-19H,3-5,7,10,13-17,20-23H2,1-2H3/t30-/m1/s1. The zero-order valence-electron chi connectivity index (χ0n) is 23.2. The molecule has 1 atom stereocenters. The summed E-state index contributed by atoms with van der Waals surface area (Å²) in [5, 5.41) is 0.630. The van der Waals surface area contributed by atoms with Crippen LogP contribution in [-0.4, -0.2) is 88.1 Å². The van der Waals surface area contributed by atoms with Gasteiger partial charge in [-0.1, -0.05) is 30.2 Å². The van der Waals surface area contributed by atoms with E-state index in [9.17, 15) is 4.79 Å². The molecule has 2 aromatic rings. The molecule has 2 aliphatic heterocycles. The van der Waals surface area contributed by atoms with Crippen LogP contribution >= 0.6 is 11.6 Å². The third kappa shape index (κ3) is 8.73. The van der Waals surface area contributed by atoms with E-state index in [1.165, 1.54) is 0 Å². The first kappa shape index (κ1) is 29.5. The van der Waals surface area contributed by atoms with E-state index in [4.69, 9.17) is 35.3 Å². The summed E-state index contributed by atoms with van der Waals surface area (Å²) in [5.74, 6) is 2.38. The van der Waals surface area contributed by atoms with Gasteiger partial charge in [0.05, 0.1) is 26.9 Å². The predicted molar refractivity (Wildman–Crippen MR) is 151 cm³/mol. The van der Waals surface area contributed by atoms with Crippen LogP contribution in [0.1, 0.15) is 37.7 Å². The van der Waals surface area contributed by atoms with Crippen molar-refractivity contribution in [3.8, 4) is 17.2 Å². The number of carbonyl (C=O) groups is 1. The molecule has 1 amide bonds. The Balaban J connectivity index is 1.35. The van der Waals surface area contributed by atoms with Gasteiger partial charge < -0.3 is 28.6 Å². The van der Waals surface area contributed by atoms with Gasteiger partial charge in [0.15, 0.2) is 11.5 Å². The van der Waals surface area contributed by atoms with E-state index in [1.54, 1.807) is 20.3 Å². The zero-order valence-corrected chi connectivity index (χ0v) is 23.9. The molecule has 2 saturated heterocycles. The minimum Gasteiger partial charge on any atom is -0.493 e. The molecule has 0 unspecified atom stereocenters. The first-order valence-electron chi connectivity index (χ1n) is 13.8. The van der Waals surface area contributed by atoms with Gasteiger partial charge in [0.2, 0.25) is 5.91 Å². The molecule has 0 bridgehead atoms. The van der Waals surface area contributed by atoms with Gasteiger partial charge in [-0.15, -0.1) is 0 Å². The van der Waals surface area contributed by atoms with E-state index in [1.807, 2.05) is 35.2 Å². The highest BCUT2D eigenvalue weighted by Gasteiger charge is 2.36. The molecule has 0 radical (unpaired) electrons. The zero-order chi connectivity index (χ0) is 27.5. The van der Waals surface area contributed by atoms with Crippen LogP contribution < -0.4 is 14.2 Å². The quantitative estimate of drug-likeness (QED) is 0.345. The van der Waals surface area contributed by atoms with E-state index in [2.05, 4.69) is 11.0 Å². The molecule has 2 aliphatic rings. The topological polar surface area (TPSA) is 69.7 Å². The van der Waals surface area contributed by atoms with Crippen LogP contribution in [0.25, 0.3) is 0 Å². The van der Waals surface area contributed by atoms with Gasteiger partial charge in [0.1, 0.15) is 18.0 Å². The number of hydrogen-bond acceptors (Lipinski definition) is 7.